The molecular weight excluding hydrogens is 647 g/mol. The van der Waals surface area contributed by atoms with Crippen molar-refractivity contribution in [1.82, 2.24) is 0 Å². The van der Waals surface area contributed by atoms with Crippen molar-refractivity contribution in [2.75, 3.05) is 31.2 Å². The number of hydrogen-bond acceptors (Lipinski definition) is 5. The van der Waals surface area contributed by atoms with Crippen LogP contribution in [0.15, 0.2) is 107 Å². The molecule has 0 fully saturated rings. The van der Waals surface area contributed by atoms with Crippen molar-refractivity contribution in [2.24, 2.45) is 10.2 Å². The van der Waals surface area contributed by atoms with Crippen LogP contribution in [0.4, 0.5) is 17.1 Å². The Balaban J connectivity index is 0.000000353. The molecule has 0 heterocycles. The number of ether oxygens (including phenoxy) is 2. The SMILES string of the molecule is C.C#Cc1ccc(N(c2ccc(C#C)cc2)c2ccc(C#C)cc2)cc1.[N-]=[N+]=NCCCCCCOc1ccc(OCCCCCCN=[N+]=[N-])cc1. The van der Waals surface area contributed by atoms with Crippen molar-refractivity contribution in [1.29, 1.82) is 0 Å². The van der Waals surface area contributed by atoms with E-state index >= 15 is 0 Å². The minimum absolute atomic E-state index is 0. The quantitative estimate of drug-likeness (QED) is 0.0319. The van der Waals surface area contributed by atoms with E-state index in [1.807, 2.05) is 97.1 Å². The van der Waals surface area contributed by atoms with E-state index in [4.69, 9.17) is 39.8 Å². The minimum atomic E-state index is 0. The van der Waals surface area contributed by atoms with Crippen LogP contribution in [0.1, 0.15) is 75.5 Å². The number of benzene rings is 4. The van der Waals surface area contributed by atoms with Gasteiger partial charge in [-0.05, 0) is 134 Å². The monoisotopic (exact) mass is 693 g/mol. The van der Waals surface area contributed by atoms with Crippen LogP contribution in [0.2, 0.25) is 0 Å². The van der Waals surface area contributed by atoms with Crippen LogP contribution in [-0.4, -0.2) is 26.3 Å². The lowest BCUT2D eigenvalue weighted by Gasteiger charge is -2.25. The molecule has 0 aliphatic rings. The average Bonchev–Trinajstić information content (AvgIpc) is 3.18. The summed E-state index contributed by atoms with van der Waals surface area (Å²) in [4.78, 5) is 7.59. The van der Waals surface area contributed by atoms with E-state index in [0.717, 1.165) is 96.6 Å². The Morgan fingerprint density at radius 1 is 0.481 bits per heavy atom. The number of anilines is 3. The molecule has 0 amide bonds. The Morgan fingerprint density at radius 3 is 1.08 bits per heavy atom. The van der Waals surface area contributed by atoms with E-state index in [0.29, 0.717) is 26.3 Å². The summed E-state index contributed by atoms with van der Waals surface area (Å²) in [5, 5.41) is 7.03. The predicted molar refractivity (Wildman–Crippen MR) is 214 cm³/mol. The van der Waals surface area contributed by atoms with Crippen LogP contribution in [0.3, 0.4) is 0 Å². The zero-order valence-corrected chi connectivity index (χ0v) is 28.9. The highest BCUT2D eigenvalue weighted by Crippen LogP contribution is 2.34. The van der Waals surface area contributed by atoms with Gasteiger partial charge in [0.25, 0.3) is 0 Å². The van der Waals surface area contributed by atoms with Crippen molar-refractivity contribution in [3.05, 3.63) is 135 Å². The maximum atomic E-state index is 8.18. The van der Waals surface area contributed by atoms with Crippen LogP contribution in [0.25, 0.3) is 20.9 Å². The molecule has 0 radical (unpaired) electrons. The largest absolute Gasteiger partial charge is 0.494 e. The van der Waals surface area contributed by atoms with Gasteiger partial charge in [0.1, 0.15) is 11.5 Å². The zero-order valence-electron chi connectivity index (χ0n) is 28.9. The first-order valence-corrected chi connectivity index (χ1v) is 17.0. The Kier molecular flexibility index (Phi) is 20.5. The van der Waals surface area contributed by atoms with Crippen LogP contribution in [0.5, 0.6) is 11.5 Å². The molecule has 0 aliphatic heterocycles. The number of unbranched alkanes of at least 4 members (excludes halogenated alkanes) is 6. The second-order valence-corrected chi connectivity index (χ2v) is 11.3. The molecule has 9 heteroatoms. The molecule has 52 heavy (non-hydrogen) atoms. The highest BCUT2D eigenvalue weighted by atomic mass is 16.5. The van der Waals surface area contributed by atoms with E-state index in [-0.39, 0.29) is 7.43 Å². The van der Waals surface area contributed by atoms with E-state index in [9.17, 15) is 0 Å². The summed E-state index contributed by atoms with van der Waals surface area (Å²) in [5.41, 5.74) is 21.9. The van der Waals surface area contributed by atoms with E-state index in [1.54, 1.807) is 0 Å². The molecule has 0 saturated carbocycles. The molecule has 9 nitrogen and oxygen atoms in total. The van der Waals surface area contributed by atoms with E-state index < -0.39 is 0 Å². The number of hydrogen-bond donors (Lipinski definition) is 0. The smallest absolute Gasteiger partial charge is 0.119 e. The summed E-state index contributed by atoms with van der Waals surface area (Å²) in [6.45, 7) is 2.54. The molecule has 0 bridgehead atoms. The lowest BCUT2D eigenvalue weighted by atomic mass is 10.1. The Hall–Kier alpha value is -6.42. The fourth-order valence-corrected chi connectivity index (χ4v) is 4.95. The zero-order chi connectivity index (χ0) is 36.4. The standard InChI is InChI=1S/C24H15N.C18H28N6O2.CH4/c1-4-19-7-13-22(14-8-19)25(23-15-9-20(5-2)10-16-23)24-17-11-21(6-3)12-18-24;19-23-21-13-5-1-3-7-15-25-17-9-11-18(12-10-17)26-16-8-4-2-6-14-22-24-20;/h1-3,7-18H;9-12H,1-8,13-16H2;1H4. The van der Waals surface area contributed by atoms with Gasteiger partial charge in [-0.2, -0.15) is 0 Å². The second kappa shape index (κ2) is 25.5. The third-order valence-electron chi connectivity index (χ3n) is 7.67. The number of rotatable bonds is 19. The van der Waals surface area contributed by atoms with Crippen LogP contribution < -0.4 is 14.4 Å². The minimum Gasteiger partial charge on any atom is -0.494 e. The maximum Gasteiger partial charge on any atom is 0.119 e. The van der Waals surface area contributed by atoms with Crippen LogP contribution in [0, 0.1) is 37.0 Å². The summed E-state index contributed by atoms with van der Waals surface area (Å²) in [5.74, 6) is 9.62. The molecule has 0 unspecified atom stereocenters. The summed E-state index contributed by atoms with van der Waals surface area (Å²) in [6.07, 6.45) is 24.5. The van der Waals surface area contributed by atoms with Crippen LogP contribution in [-0.2, 0) is 0 Å². The first-order valence-electron chi connectivity index (χ1n) is 17.0. The fraction of sp³-hybridized carbons (Fsp3) is 0.302. The summed E-state index contributed by atoms with van der Waals surface area (Å²) in [7, 11) is 0. The van der Waals surface area contributed by atoms with Gasteiger partial charge in [0.15, 0.2) is 0 Å². The molecule has 0 aromatic heterocycles. The lowest BCUT2D eigenvalue weighted by molar-refractivity contribution is 0.296. The molecule has 0 aliphatic carbocycles. The molecular formula is C43H47N7O2. The molecule has 266 valence electrons. The van der Waals surface area contributed by atoms with Crippen molar-refractivity contribution in [3.63, 3.8) is 0 Å². The van der Waals surface area contributed by atoms with Crippen molar-refractivity contribution in [3.8, 4) is 48.5 Å². The van der Waals surface area contributed by atoms with Crippen LogP contribution >= 0.6 is 0 Å². The van der Waals surface area contributed by atoms with Crippen molar-refractivity contribution < 1.29 is 9.47 Å². The first-order chi connectivity index (χ1) is 25.1. The van der Waals surface area contributed by atoms with Crippen molar-refractivity contribution >= 4 is 17.1 Å². The molecule has 4 aromatic carbocycles. The summed E-state index contributed by atoms with van der Waals surface area (Å²) < 4.78 is 11.4. The number of terminal acetylenes is 3. The number of nitrogens with zero attached hydrogens (tertiary/aromatic N) is 7. The van der Waals surface area contributed by atoms with Gasteiger partial charge in [-0.15, -0.1) is 19.3 Å². The van der Waals surface area contributed by atoms with E-state index in [1.165, 1.54) is 0 Å². The molecule has 4 rings (SSSR count). The predicted octanol–water partition coefficient (Wildman–Crippen LogP) is 11.9. The lowest BCUT2D eigenvalue weighted by Crippen LogP contribution is -2.09. The van der Waals surface area contributed by atoms with Gasteiger partial charge in [-0.25, -0.2) is 0 Å². The summed E-state index contributed by atoms with van der Waals surface area (Å²) >= 11 is 0. The van der Waals surface area contributed by atoms with Gasteiger partial charge in [-0.1, -0.05) is 61.1 Å². The summed E-state index contributed by atoms with van der Waals surface area (Å²) in [6, 6.07) is 31.3. The number of azide groups is 2. The third kappa shape index (κ3) is 15.4. The molecule has 0 N–H and O–H groups in total. The highest BCUT2D eigenvalue weighted by molar-refractivity contribution is 5.77. The third-order valence-corrected chi connectivity index (χ3v) is 7.67. The van der Waals surface area contributed by atoms with Crippen molar-refractivity contribution in [2.45, 2.75) is 58.8 Å². The Labute approximate surface area is 309 Å². The molecule has 0 atom stereocenters. The van der Waals surface area contributed by atoms with Gasteiger partial charge in [0.2, 0.25) is 0 Å². The molecule has 0 saturated heterocycles. The topological polar surface area (TPSA) is 119 Å². The first kappa shape index (κ1) is 41.7. The second-order valence-electron chi connectivity index (χ2n) is 11.3. The van der Waals surface area contributed by atoms with Gasteiger partial charge < -0.3 is 14.4 Å². The average molecular weight is 694 g/mol. The maximum absolute atomic E-state index is 8.18. The van der Waals surface area contributed by atoms with E-state index in [2.05, 4.69) is 42.7 Å². The molecule has 0 spiro atoms. The van der Waals surface area contributed by atoms with Gasteiger partial charge in [0.05, 0.1) is 13.2 Å². The van der Waals surface area contributed by atoms with Gasteiger partial charge >= 0.3 is 0 Å². The van der Waals surface area contributed by atoms with Gasteiger partial charge in [0, 0.05) is 56.7 Å². The highest BCUT2D eigenvalue weighted by Gasteiger charge is 2.12. The Bertz CT molecular complexity index is 1630. The molecule has 4 aromatic rings. The van der Waals surface area contributed by atoms with Gasteiger partial charge in [-0.3, -0.25) is 0 Å². The Morgan fingerprint density at radius 2 is 0.788 bits per heavy atom. The fourth-order valence-electron chi connectivity index (χ4n) is 4.95. The normalized spacial score (nSPS) is 9.48.